The number of benzene rings is 2. The van der Waals surface area contributed by atoms with Gasteiger partial charge in [0.25, 0.3) is 10.0 Å². The van der Waals surface area contributed by atoms with Crippen LogP contribution in [-0.2, 0) is 16.6 Å². The molecule has 1 heterocycles. The molecule has 0 atom stereocenters. The lowest BCUT2D eigenvalue weighted by Crippen LogP contribution is -2.13. The molecule has 0 amide bonds. The number of halogens is 3. The minimum Gasteiger partial charge on any atom is -0.276 e. The van der Waals surface area contributed by atoms with E-state index in [1.807, 2.05) is 18.2 Å². The molecule has 0 saturated heterocycles. The molecule has 3 aromatic rings. The van der Waals surface area contributed by atoms with Crippen molar-refractivity contribution < 1.29 is 8.42 Å². The fourth-order valence-electron chi connectivity index (χ4n) is 2.22. The van der Waals surface area contributed by atoms with E-state index in [-0.39, 0.29) is 14.9 Å². The van der Waals surface area contributed by atoms with E-state index in [9.17, 15) is 8.42 Å². The molecule has 25 heavy (non-hydrogen) atoms. The number of sulfonamides is 1. The second kappa shape index (κ2) is 7.25. The van der Waals surface area contributed by atoms with Gasteiger partial charge in [-0.25, -0.2) is 8.42 Å². The van der Waals surface area contributed by atoms with E-state index < -0.39 is 10.0 Å². The highest BCUT2D eigenvalue weighted by atomic mass is 35.5. The van der Waals surface area contributed by atoms with Crippen molar-refractivity contribution in [3.05, 3.63) is 75.5 Å². The van der Waals surface area contributed by atoms with Gasteiger partial charge in [0.05, 0.1) is 23.5 Å². The number of hydrogen-bond acceptors (Lipinski definition) is 3. The summed E-state index contributed by atoms with van der Waals surface area (Å²) in [5.41, 5.74) is 1.26. The van der Waals surface area contributed by atoms with E-state index in [4.69, 9.17) is 34.8 Å². The second-order valence-corrected chi connectivity index (χ2v) is 8.17. The van der Waals surface area contributed by atoms with Crippen molar-refractivity contribution in [3.8, 4) is 0 Å². The van der Waals surface area contributed by atoms with Crippen LogP contribution in [0.2, 0.25) is 15.1 Å². The van der Waals surface area contributed by atoms with Crippen LogP contribution in [0.1, 0.15) is 5.56 Å². The highest BCUT2D eigenvalue weighted by Crippen LogP contribution is 2.26. The first-order valence-electron chi connectivity index (χ1n) is 7.08. The molecule has 1 N–H and O–H groups in total. The van der Waals surface area contributed by atoms with Crippen molar-refractivity contribution >= 4 is 50.5 Å². The first-order valence-corrected chi connectivity index (χ1v) is 9.70. The number of nitrogens with zero attached hydrogens (tertiary/aromatic N) is 2. The molecule has 0 aliphatic heterocycles. The van der Waals surface area contributed by atoms with Crippen molar-refractivity contribution in [1.82, 2.24) is 9.78 Å². The predicted molar refractivity (Wildman–Crippen MR) is 100 cm³/mol. The first kappa shape index (κ1) is 18.1. The third kappa shape index (κ3) is 4.46. The Morgan fingerprint density at radius 3 is 2.56 bits per heavy atom. The lowest BCUT2D eigenvalue weighted by molar-refractivity contribution is 0.601. The van der Waals surface area contributed by atoms with E-state index in [0.717, 1.165) is 5.56 Å². The van der Waals surface area contributed by atoms with Crippen molar-refractivity contribution in [2.24, 2.45) is 0 Å². The zero-order valence-corrected chi connectivity index (χ0v) is 15.7. The van der Waals surface area contributed by atoms with E-state index in [1.165, 1.54) is 24.4 Å². The Morgan fingerprint density at radius 2 is 1.80 bits per heavy atom. The standard InChI is InChI=1S/C16H12Cl3N3O2S/c17-12-3-1-2-11(6-12)9-22-10-14(8-20-22)21-25(23,24)16-7-13(18)4-5-15(16)19/h1-8,10,21H,9H2. The number of nitrogens with one attached hydrogen (secondary N) is 1. The Balaban J connectivity index is 1.80. The Hall–Kier alpha value is -1.73. The quantitative estimate of drug-likeness (QED) is 0.656. The summed E-state index contributed by atoms with van der Waals surface area (Å²) in [4.78, 5) is -0.0933. The van der Waals surface area contributed by atoms with Gasteiger partial charge >= 0.3 is 0 Å². The fraction of sp³-hybridized carbons (Fsp3) is 0.0625. The van der Waals surface area contributed by atoms with Gasteiger partial charge in [0.15, 0.2) is 0 Å². The summed E-state index contributed by atoms with van der Waals surface area (Å²) < 4.78 is 29.0. The van der Waals surface area contributed by atoms with Gasteiger partial charge in [-0.2, -0.15) is 5.10 Å². The summed E-state index contributed by atoms with van der Waals surface area (Å²) in [7, 11) is -3.87. The molecular weight excluding hydrogens is 405 g/mol. The van der Waals surface area contributed by atoms with Crippen LogP contribution < -0.4 is 4.72 Å². The van der Waals surface area contributed by atoms with Crippen LogP contribution in [0, 0.1) is 0 Å². The minimum atomic E-state index is -3.87. The molecule has 0 unspecified atom stereocenters. The van der Waals surface area contributed by atoms with Gasteiger partial charge in [0.2, 0.25) is 0 Å². The number of rotatable bonds is 5. The largest absolute Gasteiger partial charge is 0.276 e. The summed E-state index contributed by atoms with van der Waals surface area (Å²) >= 11 is 17.8. The first-order chi connectivity index (χ1) is 11.8. The highest BCUT2D eigenvalue weighted by Gasteiger charge is 2.19. The molecule has 0 aliphatic carbocycles. The lowest BCUT2D eigenvalue weighted by Gasteiger charge is -2.08. The summed E-state index contributed by atoms with van der Waals surface area (Å²) in [5.74, 6) is 0. The average molecular weight is 417 g/mol. The molecule has 0 fully saturated rings. The van der Waals surface area contributed by atoms with Crippen molar-refractivity contribution in [1.29, 1.82) is 0 Å². The van der Waals surface area contributed by atoms with Gasteiger partial charge in [0, 0.05) is 16.2 Å². The van der Waals surface area contributed by atoms with Crippen LogP contribution in [0.3, 0.4) is 0 Å². The van der Waals surface area contributed by atoms with Crippen LogP contribution in [0.25, 0.3) is 0 Å². The van der Waals surface area contributed by atoms with Crippen molar-refractivity contribution in [3.63, 3.8) is 0 Å². The van der Waals surface area contributed by atoms with Gasteiger partial charge in [-0.15, -0.1) is 0 Å². The Morgan fingerprint density at radius 1 is 1.04 bits per heavy atom. The maximum atomic E-state index is 12.5. The topological polar surface area (TPSA) is 64.0 Å². The lowest BCUT2D eigenvalue weighted by atomic mass is 10.2. The molecule has 0 bridgehead atoms. The predicted octanol–water partition coefficient (Wildman–Crippen LogP) is 4.69. The summed E-state index contributed by atoms with van der Waals surface area (Å²) in [5, 5.41) is 5.14. The Labute approximate surface area is 160 Å². The number of hydrogen-bond donors (Lipinski definition) is 1. The van der Waals surface area contributed by atoms with Crippen LogP contribution in [-0.4, -0.2) is 18.2 Å². The number of anilines is 1. The van der Waals surface area contributed by atoms with Crippen LogP contribution in [0.15, 0.2) is 59.8 Å². The van der Waals surface area contributed by atoms with Gasteiger partial charge in [-0.3, -0.25) is 9.40 Å². The van der Waals surface area contributed by atoms with Crippen LogP contribution in [0.5, 0.6) is 0 Å². The zero-order chi connectivity index (χ0) is 18.0. The monoisotopic (exact) mass is 415 g/mol. The molecule has 0 radical (unpaired) electrons. The van der Waals surface area contributed by atoms with E-state index in [1.54, 1.807) is 16.9 Å². The number of aromatic nitrogens is 2. The average Bonchev–Trinajstić information content (AvgIpc) is 2.96. The highest BCUT2D eigenvalue weighted by molar-refractivity contribution is 7.92. The molecular formula is C16H12Cl3N3O2S. The molecule has 0 spiro atoms. The molecule has 3 rings (SSSR count). The third-order valence-electron chi connectivity index (χ3n) is 3.30. The minimum absolute atomic E-state index is 0.0863. The smallest absolute Gasteiger partial charge is 0.263 e. The fourth-order valence-corrected chi connectivity index (χ4v) is 4.22. The van der Waals surface area contributed by atoms with Crippen LogP contribution in [0.4, 0.5) is 5.69 Å². The summed E-state index contributed by atoms with van der Waals surface area (Å²) in [6.07, 6.45) is 3.00. The van der Waals surface area contributed by atoms with Gasteiger partial charge in [-0.1, -0.05) is 46.9 Å². The molecule has 9 heteroatoms. The van der Waals surface area contributed by atoms with Gasteiger partial charge < -0.3 is 0 Å². The van der Waals surface area contributed by atoms with E-state index >= 15 is 0 Å². The Bertz CT molecular complexity index is 1020. The molecule has 0 saturated carbocycles. The van der Waals surface area contributed by atoms with E-state index in [0.29, 0.717) is 17.3 Å². The maximum absolute atomic E-state index is 12.5. The maximum Gasteiger partial charge on any atom is 0.263 e. The zero-order valence-electron chi connectivity index (χ0n) is 12.7. The van der Waals surface area contributed by atoms with Crippen molar-refractivity contribution in [2.75, 3.05) is 4.72 Å². The third-order valence-corrected chi connectivity index (χ3v) is 5.63. The van der Waals surface area contributed by atoms with Crippen molar-refractivity contribution in [2.45, 2.75) is 11.4 Å². The summed E-state index contributed by atoms with van der Waals surface area (Å²) in [6.45, 7) is 0.459. The molecule has 130 valence electrons. The SMILES string of the molecule is O=S(=O)(Nc1cnn(Cc2cccc(Cl)c2)c1)c1cc(Cl)ccc1Cl. The Kier molecular flexibility index (Phi) is 5.24. The second-order valence-electron chi connectivity index (χ2n) is 5.24. The normalized spacial score (nSPS) is 11.5. The molecule has 0 aliphatic rings. The van der Waals surface area contributed by atoms with Gasteiger partial charge in [-0.05, 0) is 35.9 Å². The summed E-state index contributed by atoms with van der Waals surface area (Å²) in [6, 6.07) is 11.6. The molecule has 2 aromatic carbocycles. The molecule has 1 aromatic heterocycles. The van der Waals surface area contributed by atoms with Crippen LogP contribution >= 0.6 is 34.8 Å². The molecule has 5 nitrogen and oxygen atoms in total. The van der Waals surface area contributed by atoms with E-state index in [2.05, 4.69) is 9.82 Å². The van der Waals surface area contributed by atoms with Gasteiger partial charge in [0.1, 0.15) is 4.90 Å².